The van der Waals surface area contributed by atoms with Gasteiger partial charge in [-0.2, -0.15) is 13.2 Å². The van der Waals surface area contributed by atoms with E-state index in [1.807, 2.05) is 42.5 Å². The molecule has 0 radical (unpaired) electrons. The number of pyridine rings is 1. The van der Waals surface area contributed by atoms with Crippen LogP contribution in [0.4, 0.5) is 18.9 Å². The molecule has 0 spiro atoms. The summed E-state index contributed by atoms with van der Waals surface area (Å²) in [5, 5.41) is 5.30. The van der Waals surface area contributed by atoms with Crippen LogP contribution < -0.4 is 10.6 Å². The van der Waals surface area contributed by atoms with Gasteiger partial charge in [0.15, 0.2) is 0 Å². The van der Waals surface area contributed by atoms with Gasteiger partial charge in [0.25, 0.3) is 0 Å². The summed E-state index contributed by atoms with van der Waals surface area (Å²) in [4.78, 5) is 16.7. The lowest BCUT2D eigenvalue weighted by Crippen LogP contribution is -2.32. The first kappa shape index (κ1) is 20.8. The molecule has 0 aliphatic heterocycles. The van der Waals surface area contributed by atoms with E-state index in [4.69, 9.17) is 11.6 Å². The molecule has 4 nitrogen and oxygen atoms in total. The molecular weight excluding hydrogens is 403 g/mol. The SMILES string of the molecule is O=C(CNC(c1ccccc1)c1ccccn1)Nc1ccc(Cl)cc1C(F)(F)F. The standard InChI is InChI=1S/C21H17ClF3N3O/c22-15-9-10-17(16(12-15)21(23,24)25)28-19(29)13-27-20(14-6-2-1-3-7-14)18-8-4-5-11-26-18/h1-12,20,27H,13H2,(H,28,29). The predicted octanol–water partition coefficient (Wildman–Crippen LogP) is 5.07. The lowest BCUT2D eigenvalue weighted by molar-refractivity contribution is -0.137. The van der Waals surface area contributed by atoms with Gasteiger partial charge < -0.3 is 5.32 Å². The monoisotopic (exact) mass is 419 g/mol. The molecule has 3 rings (SSSR count). The predicted molar refractivity (Wildman–Crippen MR) is 106 cm³/mol. The zero-order valence-electron chi connectivity index (χ0n) is 15.1. The van der Waals surface area contributed by atoms with Crippen molar-refractivity contribution in [1.29, 1.82) is 0 Å². The van der Waals surface area contributed by atoms with E-state index in [9.17, 15) is 18.0 Å². The van der Waals surface area contributed by atoms with Gasteiger partial charge in [-0.1, -0.05) is 48.0 Å². The number of nitrogens with zero attached hydrogens (tertiary/aromatic N) is 1. The van der Waals surface area contributed by atoms with Gasteiger partial charge >= 0.3 is 6.18 Å². The van der Waals surface area contributed by atoms with Crippen LogP contribution in [-0.4, -0.2) is 17.4 Å². The number of nitrogens with one attached hydrogen (secondary N) is 2. The van der Waals surface area contributed by atoms with E-state index in [-0.39, 0.29) is 17.3 Å². The molecule has 1 atom stereocenters. The van der Waals surface area contributed by atoms with Crippen LogP contribution in [0.5, 0.6) is 0 Å². The van der Waals surface area contributed by atoms with E-state index in [2.05, 4.69) is 15.6 Å². The van der Waals surface area contributed by atoms with E-state index in [0.29, 0.717) is 5.69 Å². The Morgan fingerprint density at radius 3 is 2.41 bits per heavy atom. The Labute approximate surface area is 170 Å². The molecule has 0 saturated carbocycles. The molecule has 1 amide bonds. The summed E-state index contributed by atoms with van der Waals surface area (Å²) in [6.45, 7) is -0.212. The normalized spacial score (nSPS) is 12.4. The highest BCUT2D eigenvalue weighted by Gasteiger charge is 2.34. The molecule has 0 aliphatic carbocycles. The molecule has 0 bridgehead atoms. The van der Waals surface area contributed by atoms with Crippen molar-refractivity contribution in [1.82, 2.24) is 10.3 Å². The largest absolute Gasteiger partial charge is 0.418 e. The van der Waals surface area contributed by atoms with E-state index in [0.717, 1.165) is 17.7 Å². The van der Waals surface area contributed by atoms with E-state index in [1.165, 1.54) is 6.07 Å². The Hall–Kier alpha value is -2.90. The van der Waals surface area contributed by atoms with Crippen molar-refractivity contribution in [3.8, 4) is 0 Å². The maximum absolute atomic E-state index is 13.2. The minimum atomic E-state index is -4.64. The Bertz CT molecular complexity index is 926. The second-order valence-electron chi connectivity index (χ2n) is 6.22. The zero-order valence-corrected chi connectivity index (χ0v) is 15.8. The van der Waals surface area contributed by atoms with Crippen LogP contribution in [0.25, 0.3) is 0 Å². The van der Waals surface area contributed by atoms with E-state index >= 15 is 0 Å². The number of carbonyl (C=O) groups is 1. The first-order valence-corrected chi connectivity index (χ1v) is 9.08. The number of hydrogen-bond acceptors (Lipinski definition) is 3. The van der Waals surface area contributed by atoms with Gasteiger partial charge in [0.05, 0.1) is 29.5 Å². The third-order valence-electron chi connectivity index (χ3n) is 4.14. The lowest BCUT2D eigenvalue weighted by Gasteiger charge is -2.19. The van der Waals surface area contributed by atoms with Crippen LogP contribution in [0, 0.1) is 0 Å². The molecule has 2 N–H and O–H groups in total. The molecule has 150 valence electrons. The quantitative estimate of drug-likeness (QED) is 0.586. The highest BCUT2D eigenvalue weighted by Crippen LogP contribution is 2.36. The van der Waals surface area contributed by atoms with Crippen molar-refractivity contribution in [2.24, 2.45) is 0 Å². The number of halogens is 4. The van der Waals surface area contributed by atoms with E-state index < -0.39 is 23.7 Å². The van der Waals surface area contributed by atoms with Crippen LogP contribution in [0.1, 0.15) is 22.9 Å². The molecule has 8 heteroatoms. The summed E-state index contributed by atoms with van der Waals surface area (Å²) in [6.07, 6.45) is -3.00. The van der Waals surface area contributed by atoms with Crippen molar-refractivity contribution in [2.45, 2.75) is 12.2 Å². The number of amides is 1. The van der Waals surface area contributed by atoms with Gasteiger partial charge in [0, 0.05) is 11.2 Å². The minimum absolute atomic E-state index is 0.0623. The Kier molecular flexibility index (Phi) is 6.51. The van der Waals surface area contributed by atoms with Gasteiger partial charge in [0.1, 0.15) is 0 Å². The highest BCUT2D eigenvalue weighted by atomic mass is 35.5. The maximum atomic E-state index is 13.2. The smallest absolute Gasteiger partial charge is 0.324 e. The summed E-state index contributed by atoms with van der Waals surface area (Å²) >= 11 is 5.67. The zero-order chi connectivity index (χ0) is 20.9. The molecule has 0 aliphatic rings. The Balaban J connectivity index is 1.75. The second kappa shape index (κ2) is 9.07. The molecule has 0 saturated heterocycles. The van der Waals surface area contributed by atoms with Crippen molar-refractivity contribution < 1.29 is 18.0 Å². The summed E-state index contributed by atoms with van der Waals surface area (Å²) in [5.41, 5.74) is 0.223. The fraction of sp³-hybridized carbons (Fsp3) is 0.143. The van der Waals surface area contributed by atoms with Gasteiger partial charge in [-0.25, -0.2) is 0 Å². The Morgan fingerprint density at radius 2 is 1.76 bits per heavy atom. The fourth-order valence-corrected chi connectivity index (χ4v) is 3.01. The highest BCUT2D eigenvalue weighted by molar-refractivity contribution is 6.30. The van der Waals surface area contributed by atoms with Crippen LogP contribution in [-0.2, 0) is 11.0 Å². The molecular formula is C21H17ClF3N3O. The average molecular weight is 420 g/mol. The summed E-state index contributed by atoms with van der Waals surface area (Å²) in [6, 6.07) is 17.6. The van der Waals surface area contributed by atoms with Crippen molar-refractivity contribution in [2.75, 3.05) is 11.9 Å². The lowest BCUT2D eigenvalue weighted by atomic mass is 10.0. The maximum Gasteiger partial charge on any atom is 0.418 e. The number of carbonyl (C=O) groups excluding carboxylic acids is 1. The number of hydrogen-bond donors (Lipinski definition) is 2. The fourth-order valence-electron chi connectivity index (χ4n) is 2.83. The number of aromatic nitrogens is 1. The molecule has 1 aromatic heterocycles. The van der Waals surface area contributed by atoms with Gasteiger partial charge in [-0.3, -0.25) is 15.1 Å². The van der Waals surface area contributed by atoms with E-state index in [1.54, 1.807) is 12.3 Å². The summed E-state index contributed by atoms with van der Waals surface area (Å²) in [7, 11) is 0. The number of benzene rings is 2. The van der Waals surface area contributed by atoms with Crippen molar-refractivity contribution in [3.63, 3.8) is 0 Å². The van der Waals surface area contributed by atoms with Crippen LogP contribution >= 0.6 is 11.6 Å². The van der Waals surface area contributed by atoms with Crippen LogP contribution in [0.3, 0.4) is 0 Å². The summed E-state index contributed by atoms with van der Waals surface area (Å²) in [5.74, 6) is -0.616. The molecule has 3 aromatic rings. The summed E-state index contributed by atoms with van der Waals surface area (Å²) < 4.78 is 39.6. The number of anilines is 1. The third kappa shape index (κ3) is 5.56. The molecule has 1 heterocycles. The first-order chi connectivity index (χ1) is 13.8. The molecule has 2 aromatic carbocycles. The van der Waals surface area contributed by atoms with Gasteiger partial charge in [-0.15, -0.1) is 0 Å². The van der Waals surface area contributed by atoms with Crippen LogP contribution in [0.2, 0.25) is 5.02 Å². The second-order valence-corrected chi connectivity index (χ2v) is 6.65. The number of alkyl halides is 3. The topological polar surface area (TPSA) is 54.0 Å². The Morgan fingerprint density at radius 1 is 1.03 bits per heavy atom. The molecule has 0 fully saturated rings. The van der Waals surface area contributed by atoms with Crippen molar-refractivity contribution >= 4 is 23.2 Å². The molecule has 29 heavy (non-hydrogen) atoms. The first-order valence-electron chi connectivity index (χ1n) is 8.70. The minimum Gasteiger partial charge on any atom is -0.324 e. The third-order valence-corrected chi connectivity index (χ3v) is 4.38. The van der Waals surface area contributed by atoms with Gasteiger partial charge in [0.2, 0.25) is 5.91 Å². The van der Waals surface area contributed by atoms with Crippen LogP contribution in [0.15, 0.2) is 72.9 Å². The average Bonchev–Trinajstić information content (AvgIpc) is 2.70. The molecule has 1 unspecified atom stereocenters. The van der Waals surface area contributed by atoms with Gasteiger partial charge in [-0.05, 0) is 35.9 Å². The number of rotatable bonds is 6. The van der Waals surface area contributed by atoms with Crippen molar-refractivity contribution in [3.05, 3.63) is 94.8 Å².